The number of aromatic nitrogens is 1. The van der Waals surface area contributed by atoms with E-state index in [2.05, 4.69) is 17.2 Å². The highest BCUT2D eigenvalue weighted by Crippen LogP contribution is 2.12. The SMILES string of the molecule is CCCCNC(=O)c1cccnc1OC. The average Bonchev–Trinajstić information content (AvgIpc) is 2.29. The van der Waals surface area contributed by atoms with Crippen LogP contribution in [0.25, 0.3) is 0 Å². The molecule has 15 heavy (non-hydrogen) atoms. The molecular weight excluding hydrogens is 192 g/mol. The highest BCUT2D eigenvalue weighted by Gasteiger charge is 2.11. The highest BCUT2D eigenvalue weighted by atomic mass is 16.5. The summed E-state index contributed by atoms with van der Waals surface area (Å²) in [7, 11) is 1.51. The van der Waals surface area contributed by atoms with Crippen LogP contribution in [0.15, 0.2) is 18.3 Å². The Hall–Kier alpha value is -1.58. The Kier molecular flexibility index (Phi) is 4.60. The molecule has 0 aromatic carbocycles. The van der Waals surface area contributed by atoms with Crippen LogP contribution in [0.4, 0.5) is 0 Å². The summed E-state index contributed by atoms with van der Waals surface area (Å²) >= 11 is 0. The van der Waals surface area contributed by atoms with Gasteiger partial charge in [0.1, 0.15) is 5.56 Å². The van der Waals surface area contributed by atoms with Crippen molar-refractivity contribution in [3.05, 3.63) is 23.9 Å². The lowest BCUT2D eigenvalue weighted by molar-refractivity contribution is 0.0949. The maximum atomic E-state index is 11.7. The Bertz CT molecular complexity index is 326. The Morgan fingerprint density at radius 3 is 3.07 bits per heavy atom. The summed E-state index contributed by atoms with van der Waals surface area (Å²) in [6.45, 7) is 2.77. The molecule has 0 saturated carbocycles. The number of pyridine rings is 1. The third-order valence-electron chi connectivity index (χ3n) is 2.03. The molecule has 0 fully saturated rings. The van der Waals surface area contributed by atoms with E-state index in [1.54, 1.807) is 18.3 Å². The predicted molar refractivity (Wildman–Crippen MR) is 58.0 cm³/mol. The quantitative estimate of drug-likeness (QED) is 0.748. The number of hydrogen-bond donors (Lipinski definition) is 1. The van der Waals surface area contributed by atoms with Crippen molar-refractivity contribution >= 4 is 5.91 Å². The molecule has 0 bridgehead atoms. The van der Waals surface area contributed by atoms with Crippen LogP contribution in [-0.4, -0.2) is 24.5 Å². The Labute approximate surface area is 89.7 Å². The van der Waals surface area contributed by atoms with Gasteiger partial charge in [0.05, 0.1) is 7.11 Å². The molecular formula is C11H16N2O2. The van der Waals surface area contributed by atoms with Gasteiger partial charge in [-0.3, -0.25) is 4.79 Å². The smallest absolute Gasteiger partial charge is 0.256 e. The molecule has 1 amide bonds. The van der Waals surface area contributed by atoms with Gasteiger partial charge in [-0.25, -0.2) is 4.98 Å². The summed E-state index contributed by atoms with van der Waals surface area (Å²) in [5.74, 6) is 0.236. The molecule has 0 atom stereocenters. The third-order valence-corrected chi connectivity index (χ3v) is 2.03. The van der Waals surface area contributed by atoms with Gasteiger partial charge in [-0.2, -0.15) is 0 Å². The monoisotopic (exact) mass is 208 g/mol. The van der Waals surface area contributed by atoms with Crippen molar-refractivity contribution in [3.8, 4) is 5.88 Å². The lowest BCUT2D eigenvalue weighted by Gasteiger charge is -2.07. The van der Waals surface area contributed by atoms with Gasteiger partial charge < -0.3 is 10.1 Å². The zero-order valence-corrected chi connectivity index (χ0v) is 9.12. The van der Waals surface area contributed by atoms with E-state index in [1.807, 2.05) is 0 Å². The largest absolute Gasteiger partial charge is 0.480 e. The van der Waals surface area contributed by atoms with Crippen molar-refractivity contribution in [2.75, 3.05) is 13.7 Å². The molecule has 4 heteroatoms. The van der Waals surface area contributed by atoms with Gasteiger partial charge in [0.15, 0.2) is 0 Å². The first-order valence-electron chi connectivity index (χ1n) is 5.06. The van der Waals surface area contributed by atoms with E-state index < -0.39 is 0 Å². The van der Waals surface area contributed by atoms with Crippen LogP contribution in [0.2, 0.25) is 0 Å². The topological polar surface area (TPSA) is 51.2 Å². The second-order valence-electron chi connectivity index (χ2n) is 3.17. The summed E-state index contributed by atoms with van der Waals surface area (Å²) in [5, 5.41) is 2.82. The minimum absolute atomic E-state index is 0.131. The number of unbranched alkanes of at least 4 members (excludes halogenated alkanes) is 1. The predicted octanol–water partition coefficient (Wildman–Crippen LogP) is 1.62. The Morgan fingerprint density at radius 1 is 1.60 bits per heavy atom. The first-order chi connectivity index (χ1) is 7.29. The minimum atomic E-state index is -0.131. The molecule has 0 unspecified atom stereocenters. The van der Waals surface area contributed by atoms with E-state index in [0.29, 0.717) is 18.0 Å². The number of ether oxygens (including phenoxy) is 1. The van der Waals surface area contributed by atoms with E-state index in [0.717, 1.165) is 12.8 Å². The van der Waals surface area contributed by atoms with E-state index in [-0.39, 0.29) is 5.91 Å². The zero-order valence-electron chi connectivity index (χ0n) is 9.12. The van der Waals surface area contributed by atoms with Crippen molar-refractivity contribution in [2.45, 2.75) is 19.8 Å². The van der Waals surface area contributed by atoms with Crippen LogP contribution >= 0.6 is 0 Å². The molecule has 4 nitrogen and oxygen atoms in total. The summed E-state index contributed by atoms with van der Waals surface area (Å²) in [4.78, 5) is 15.6. The second kappa shape index (κ2) is 6.01. The summed E-state index contributed by atoms with van der Waals surface area (Å²) in [6.07, 6.45) is 3.64. The van der Waals surface area contributed by atoms with Crippen LogP contribution in [-0.2, 0) is 0 Å². The fourth-order valence-corrected chi connectivity index (χ4v) is 1.20. The number of methoxy groups -OCH3 is 1. The van der Waals surface area contributed by atoms with Crippen LogP contribution in [0.3, 0.4) is 0 Å². The molecule has 0 aliphatic heterocycles. The number of carbonyl (C=O) groups excluding carboxylic acids is 1. The molecule has 0 aliphatic carbocycles. The Morgan fingerprint density at radius 2 is 2.40 bits per heavy atom. The number of nitrogens with one attached hydrogen (secondary N) is 1. The Balaban J connectivity index is 2.64. The summed E-state index contributed by atoms with van der Waals surface area (Å²) < 4.78 is 5.00. The fourth-order valence-electron chi connectivity index (χ4n) is 1.20. The van der Waals surface area contributed by atoms with Crippen molar-refractivity contribution in [1.82, 2.24) is 10.3 Å². The maximum Gasteiger partial charge on any atom is 0.256 e. The van der Waals surface area contributed by atoms with Gasteiger partial charge in [-0.1, -0.05) is 13.3 Å². The van der Waals surface area contributed by atoms with Crippen LogP contribution < -0.4 is 10.1 Å². The molecule has 0 saturated heterocycles. The van der Waals surface area contributed by atoms with Crippen molar-refractivity contribution in [3.63, 3.8) is 0 Å². The molecule has 1 aromatic rings. The first-order valence-corrected chi connectivity index (χ1v) is 5.06. The number of carbonyl (C=O) groups is 1. The van der Waals surface area contributed by atoms with E-state index in [1.165, 1.54) is 7.11 Å². The molecule has 1 N–H and O–H groups in total. The maximum absolute atomic E-state index is 11.7. The first kappa shape index (κ1) is 11.5. The van der Waals surface area contributed by atoms with E-state index in [9.17, 15) is 4.79 Å². The lowest BCUT2D eigenvalue weighted by atomic mass is 10.2. The second-order valence-corrected chi connectivity index (χ2v) is 3.17. The normalized spacial score (nSPS) is 9.73. The van der Waals surface area contributed by atoms with Gasteiger partial charge in [0, 0.05) is 12.7 Å². The van der Waals surface area contributed by atoms with Crippen LogP contribution in [0.5, 0.6) is 5.88 Å². The van der Waals surface area contributed by atoms with Gasteiger partial charge in [0.2, 0.25) is 5.88 Å². The van der Waals surface area contributed by atoms with Crippen LogP contribution in [0, 0.1) is 0 Å². The average molecular weight is 208 g/mol. The third kappa shape index (κ3) is 3.23. The minimum Gasteiger partial charge on any atom is -0.480 e. The number of nitrogens with zero attached hydrogens (tertiary/aromatic N) is 1. The van der Waals surface area contributed by atoms with E-state index >= 15 is 0 Å². The lowest BCUT2D eigenvalue weighted by Crippen LogP contribution is -2.25. The summed E-state index contributed by atoms with van der Waals surface area (Å²) in [6, 6.07) is 3.42. The van der Waals surface area contributed by atoms with Gasteiger partial charge in [-0.05, 0) is 18.6 Å². The molecule has 1 aromatic heterocycles. The molecule has 0 radical (unpaired) electrons. The van der Waals surface area contributed by atoms with Crippen molar-refractivity contribution < 1.29 is 9.53 Å². The number of hydrogen-bond acceptors (Lipinski definition) is 3. The molecule has 82 valence electrons. The number of rotatable bonds is 5. The standard InChI is InChI=1S/C11H16N2O2/c1-3-4-7-12-10(14)9-6-5-8-13-11(9)15-2/h5-6,8H,3-4,7H2,1-2H3,(H,12,14). The van der Waals surface area contributed by atoms with Crippen molar-refractivity contribution in [2.24, 2.45) is 0 Å². The highest BCUT2D eigenvalue weighted by molar-refractivity contribution is 5.96. The summed E-state index contributed by atoms with van der Waals surface area (Å²) in [5.41, 5.74) is 0.483. The van der Waals surface area contributed by atoms with Gasteiger partial charge in [-0.15, -0.1) is 0 Å². The van der Waals surface area contributed by atoms with Gasteiger partial charge in [0.25, 0.3) is 5.91 Å². The molecule has 0 aliphatic rings. The van der Waals surface area contributed by atoms with Crippen molar-refractivity contribution in [1.29, 1.82) is 0 Å². The van der Waals surface area contributed by atoms with Gasteiger partial charge >= 0.3 is 0 Å². The molecule has 1 rings (SSSR count). The zero-order chi connectivity index (χ0) is 11.1. The van der Waals surface area contributed by atoms with E-state index in [4.69, 9.17) is 4.74 Å². The number of amides is 1. The molecule has 1 heterocycles. The fraction of sp³-hybridized carbons (Fsp3) is 0.455. The molecule has 0 spiro atoms. The van der Waals surface area contributed by atoms with Crippen LogP contribution in [0.1, 0.15) is 30.1 Å².